The van der Waals surface area contributed by atoms with E-state index in [9.17, 15) is 9.90 Å². The Bertz CT molecular complexity index is 747. The van der Waals surface area contributed by atoms with Crippen LogP contribution in [0.25, 0.3) is 0 Å². The molecule has 0 saturated carbocycles. The summed E-state index contributed by atoms with van der Waals surface area (Å²) in [6.45, 7) is 0.601. The normalized spacial score (nSPS) is 20.2. The highest BCUT2D eigenvalue weighted by molar-refractivity contribution is 5.61. The highest BCUT2D eigenvalue weighted by atomic mass is 16.5. The molecule has 0 radical (unpaired) electrons. The zero-order valence-corrected chi connectivity index (χ0v) is 13.6. The maximum atomic E-state index is 12.2. The molecule has 0 aliphatic carbocycles. The lowest BCUT2D eigenvalue weighted by Gasteiger charge is -2.23. The Labute approximate surface area is 140 Å². The Morgan fingerprint density at radius 2 is 2.12 bits per heavy atom. The van der Waals surface area contributed by atoms with Crippen LogP contribution in [-0.4, -0.2) is 34.4 Å². The smallest absolute Gasteiger partial charge is 0.351 e. The molecule has 0 spiro atoms. The van der Waals surface area contributed by atoms with Gasteiger partial charge in [0.2, 0.25) is 0 Å². The molecule has 3 N–H and O–H groups in total. The summed E-state index contributed by atoms with van der Waals surface area (Å²) >= 11 is 0. The Hall–Kier alpha value is -2.38. The summed E-state index contributed by atoms with van der Waals surface area (Å²) < 4.78 is 7.15. The lowest BCUT2D eigenvalue weighted by molar-refractivity contribution is -0.0244. The van der Waals surface area contributed by atoms with Crippen molar-refractivity contribution in [2.45, 2.75) is 31.7 Å². The third-order valence-corrected chi connectivity index (χ3v) is 4.23. The van der Waals surface area contributed by atoms with Crippen LogP contribution in [0.1, 0.15) is 24.6 Å². The molecule has 0 unspecified atom stereocenters. The number of hydrogen-bond acceptors (Lipinski definition) is 6. The number of hydrogen-bond donors (Lipinski definition) is 2. The largest absolute Gasteiger partial charge is 0.394 e. The van der Waals surface area contributed by atoms with E-state index >= 15 is 0 Å². The molecule has 24 heavy (non-hydrogen) atoms. The number of nitrogens with two attached hydrogens (primary N) is 1. The zero-order chi connectivity index (χ0) is 17.1. The van der Waals surface area contributed by atoms with E-state index in [0.717, 1.165) is 5.56 Å². The summed E-state index contributed by atoms with van der Waals surface area (Å²) in [4.78, 5) is 18.0. The van der Waals surface area contributed by atoms with Crippen molar-refractivity contribution >= 4 is 11.5 Å². The molecule has 1 aliphatic heterocycles. The van der Waals surface area contributed by atoms with Gasteiger partial charge in [-0.2, -0.15) is 4.98 Å². The molecule has 1 fully saturated rings. The fourth-order valence-electron chi connectivity index (χ4n) is 2.94. The van der Waals surface area contributed by atoms with E-state index in [4.69, 9.17) is 10.5 Å². The van der Waals surface area contributed by atoms with Crippen LogP contribution in [0, 0.1) is 0 Å². The molecule has 2 aromatic rings. The first-order valence-corrected chi connectivity index (χ1v) is 7.98. The maximum Gasteiger partial charge on any atom is 0.351 e. The fourth-order valence-corrected chi connectivity index (χ4v) is 2.94. The van der Waals surface area contributed by atoms with E-state index in [-0.39, 0.29) is 18.5 Å². The van der Waals surface area contributed by atoms with Gasteiger partial charge in [-0.25, -0.2) is 4.79 Å². The van der Waals surface area contributed by atoms with E-state index in [2.05, 4.69) is 4.98 Å². The summed E-state index contributed by atoms with van der Waals surface area (Å²) in [6, 6.07) is 9.99. The van der Waals surface area contributed by atoms with Gasteiger partial charge >= 0.3 is 5.69 Å². The third-order valence-electron chi connectivity index (χ3n) is 4.23. The molecule has 0 amide bonds. The van der Waals surface area contributed by atoms with Crippen LogP contribution >= 0.6 is 0 Å². The van der Waals surface area contributed by atoms with Gasteiger partial charge in [-0.1, -0.05) is 30.3 Å². The summed E-state index contributed by atoms with van der Waals surface area (Å²) in [7, 11) is 1.90. The van der Waals surface area contributed by atoms with Gasteiger partial charge in [-0.3, -0.25) is 4.57 Å². The second kappa shape index (κ2) is 7.02. The van der Waals surface area contributed by atoms with Crippen molar-refractivity contribution in [3.63, 3.8) is 0 Å². The minimum Gasteiger partial charge on any atom is -0.394 e. The van der Waals surface area contributed by atoms with E-state index < -0.39 is 11.9 Å². The monoisotopic (exact) mass is 330 g/mol. The van der Waals surface area contributed by atoms with Gasteiger partial charge in [0, 0.05) is 19.8 Å². The van der Waals surface area contributed by atoms with Crippen LogP contribution in [0.15, 0.2) is 41.3 Å². The number of benzene rings is 1. The molecule has 3 rings (SSSR count). The van der Waals surface area contributed by atoms with Crippen molar-refractivity contribution in [3.8, 4) is 0 Å². The average Bonchev–Trinajstić information content (AvgIpc) is 3.04. The van der Waals surface area contributed by atoms with Gasteiger partial charge in [-0.15, -0.1) is 0 Å². The molecule has 0 bridgehead atoms. The first-order chi connectivity index (χ1) is 11.6. The Morgan fingerprint density at radius 1 is 1.38 bits per heavy atom. The first-order valence-electron chi connectivity index (χ1n) is 7.98. The molecule has 1 saturated heterocycles. The molecule has 2 heterocycles. The van der Waals surface area contributed by atoms with Gasteiger partial charge in [0.1, 0.15) is 6.23 Å². The van der Waals surface area contributed by atoms with Crippen LogP contribution in [-0.2, 0) is 11.3 Å². The molecule has 1 aliphatic rings. The lowest BCUT2D eigenvalue weighted by Crippen LogP contribution is -2.30. The predicted octanol–water partition coefficient (Wildman–Crippen LogP) is 1.13. The number of aliphatic hydroxyl groups excluding tert-OH is 1. The van der Waals surface area contributed by atoms with Crippen LogP contribution in [0.3, 0.4) is 0 Å². The Kier molecular flexibility index (Phi) is 4.82. The van der Waals surface area contributed by atoms with Crippen LogP contribution in [0.5, 0.6) is 0 Å². The number of nitrogens with zero attached hydrogens (tertiary/aromatic N) is 3. The van der Waals surface area contributed by atoms with E-state index in [1.165, 1.54) is 4.57 Å². The van der Waals surface area contributed by atoms with Crippen molar-refractivity contribution in [2.75, 3.05) is 24.3 Å². The highest BCUT2D eigenvalue weighted by Gasteiger charge is 2.27. The minimum absolute atomic E-state index is 0.0472. The van der Waals surface area contributed by atoms with Gasteiger partial charge in [0.05, 0.1) is 18.4 Å². The van der Waals surface area contributed by atoms with Crippen LogP contribution in [0.4, 0.5) is 11.5 Å². The Morgan fingerprint density at radius 3 is 2.79 bits per heavy atom. The molecule has 2 atom stereocenters. The topological polar surface area (TPSA) is 93.6 Å². The van der Waals surface area contributed by atoms with Crippen molar-refractivity contribution in [1.29, 1.82) is 0 Å². The molecular weight excluding hydrogens is 308 g/mol. The fraction of sp³-hybridized carbons (Fsp3) is 0.412. The number of anilines is 2. The molecule has 1 aromatic heterocycles. The second-order valence-electron chi connectivity index (χ2n) is 6.02. The average molecular weight is 330 g/mol. The number of nitrogen functional groups attached to an aromatic ring is 1. The number of ether oxygens (including phenoxy) is 1. The summed E-state index contributed by atoms with van der Waals surface area (Å²) in [5.74, 6) is 0.200. The van der Waals surface area contributed by atoms with E-state index in [1.807, 2.05) is 42.3 Å². The van der Waals surface area contributed by atoms with Crippen LogP contribution < -0.4 is 16.3 Å². The Balaban J connectivity index is 1.85. The van der Waals surface area contributed by atoms with Crippen molar-refractivity contribution in [2.24, 2.45) is 0 Å². The zero-order valence-electron chi connectivity index (χ0n) is 13.6. The highest BCUT2D eigenvalue weighted by Crippen LogP contribution is 2.29. The molecular formula is C17H22N4O3. The van der Waals surface area contributed by atoms with Gasteiger partial charge < -0.3 is 20.5 Å². The van der Waals surface area contributed by atoms with Crippen molar-refractivity contribution < 1.29 is 9.84 Å². The number of rotatable bonds is 5. The number of aliphatic hydroxyl groups is 1. The van der Waals surface area contributed by atoms with Crippen molar-refractivity contribution in [1.82, 2.24) is 9.55 Å². The quantitative estimate of drug-likeness (QED) is 0.854. The molecule has 7 nitrogen and oxygen atoms in total. The second-order valence-corrected chi connectivity index (χ2v) is 6.02. The SMILES string of the molecule is CN(Cc1ccccc1)c1cn([C@@H]2CC[C@@H](CO)O2)c(=O)nc1N. The summed E-state index contributed by atoms with van der Waals surface area (Å²) in [5.41, 5.74) is 7.32. The maximum absolute atomic E-state index is 12.2. The molecule has 7 heteroatoms. The van der Waals surface area contributed by atoms with Gasteiger partial charge in [-0.05, 0) is 18.4 Å². The summed E-state index contributed by atoms with van der Waals surface area (Å²) in [6.07, 6.45) is 2.43. The standard InChI is InChI=1S/C17H22N4O3/c1-20(9-12-5-3-2-4-6-12)14-10-21(17(23)19-16(14)18)15-8-7-13(11-22)24-15/h2-6,10,13,15,22H,7-9,11H2,1H3,(H2,18,19,23)/t13-,15-/m0/s1. The molecule has 128 valence electrons. The van der Waals surface area contributed by atoms with Crippen LogP contribution in [0.2, 0.25) is 0 Å². The molecule has 1 aromatic carbocycles. The minimum atomic E-state index is -0.437. The van der Waals surface area contributed by atoms with E-state index in [0.29, 0.717) is 25.1 Å². The lowest BCUT2D eigenvalue weighted by atomic mass is 10.2. The van der Waals surface area contributed by atoms with Crippen molar-refractivity contribution in [3.05, 3.63) is 52.6 Å². The third kappa shape index (κ3) is 3.42. The first kappa shape index (κ1) is 16.5. The van der Waals surface area contributed by atoms with E-state index in [1.54, 1.807) is 6.20 Å². The van der Waals surface area contributed by atoms with Gasteiger partial charge in [0.25, 0.3) is 0 Å². The summed E-state index contributed by atoms with van der Waals surface area (Å²) in [5, 5.41) is 9.19. The predicted molar refractivity (Wildman–Crippen MR) is 91.7 cm³/mol. The number of aromatic nitrogens is 2. The van der Waals surface area contributed by atoms with Gasteiger partial charge in [0.15, 0.2) is 5.82 Å².